The lowest BCUT2D eigenvalue weighted by Crippen LogP contribution is -1.93. The third kappa shape index (κ3) is 4.31. The summed E-state index contributed by atoms with van der Waals surface area (Å²) in [6.07, 6.45) is 0. The summed E-state index contributed by atoms with van der Waals surface area (Å²) in [7, 11) is 0. The van der Waals surface area contributed by atoms with E-state index >= 15 is 0 Å². The molecule has 0 heterocycles. The third-order valence-corrected chi connectivity index (χ3v) is 10.6. The number of aryl methyl sites for hydroxylation is 1. The molecule has 0 spiro atoms. The van der Waals surface area contributed by atoms with Crippen molar-refractivity contribution < 1.29 is 0 Å². The zero-order valence-corrected chi connectivity index (χ0v) is 27.2. The molecule has 0 nitrogen and oxygen atoms in total. The summed E-state index contributed by atoms with van der Waals surface area (Å²) in [6, 6.07) is 65.2. The molecule has 0 amide bonds. The summed E-state index contributed by atoms with van der Waals surface area (Å²) in [5.74, 6) is 0. The van der Waals surface area contributed by atoms with Gasteiger partial charge < -0.3 is 0 Å². The minimum absolute atomic E-state index is 1.24. The van der Waals surface area contributed by atoms with Crippen molar-refractivity contribution in [3.05, 3.63) is 181 Å². The fraction of sp³-hybridized carbons (Fsp3) is 0.0204. The summed E-state index contributed by atoms with van der Waals surface area (Å²) >= 11 is 0. The van der Waals surface area contributed by atoms with E-state index in [0.29, 0.717) is 0 Å². The normalized spacial score (nSPS) is 11.8. The van der Waals surface area contributed by atoms with Gasteiger partial charge in [0.25, 0.3) is 0 Å². The van der Waals surface area contributed by atoms with Gasteiger partial charge in [0.1, 0.15) is 0 Å². The molecule has 0 aromatic heterocycles. The Bertz CT molecular complexity index is 2890. The predicted molar refractivity (Wildman–Crippen MR) is 213 cm³/mol. The molecule has 10 rings (SSSR count). The van der Waals surface area contributed by atoms with Crippen LogP contribution in [0.4, 0.5) is 0 Å². The SMILES string of the molecule is Cc1c2ccccc2c(-c2ccc3c(-c4ccc5ccccc5c4)c4ccccc4c(-c4ccc5ccccc5c4)c3c2)c2ccccc12. The van der Waals surface area contributed by atoms with Crippen LogP contribution in [0.2, 0.25) is 0 Å². The highest BCUT2D eigenvalue weighted by Crippen LogP contribution is 2.47. The third-order valence-electron chi connectivity index (χ3n) is 10.6. The van der Waals surface area contributed by atoms with Gasteiger partial charge in [-0.15, -0.1) is 0 Å². The first-order valence-corrected chi connectivity index (χ1v) is 17.1. The topological polar surface area (TPSA) is 0 Å². The Balaban J connectivity index is 1.37. The molecule has 228 valence electrons. The molecule has 0 aliphatic heterocycles. The van der Waals surface area contributed by atoms with E-state index in [1.165, 1.54) is 104 Å². The molecule has 0 N–H and O–H groups in total. The van der Waals surface area contributed by atoms with Gasteiger partial charge in [0.05, 0.1) is 0 Å². The maximum Gasteiger partial charge on any atom is -0.00259 e. The van der Waals surface area contributed by atoms with Crippen LogP contribution in [-0.4, -0.2) is 0 Å². The van der Waals surface area contributed by atoms with Crippen molar-refractivity contribution in [1.82, 2.24) is 0 Å². The summed E-state index contributed by atoms with van der Waals surface area (Å²) < 4.78 is 0. The monoisotopic (exact) mass is 620 g/mol. The second-order valence-electron chi connectivity index (χ2n) is 13.3. The summed E-state index contributed by atoms with van der Waals surface area (Å²) in [4.78, 5) is 0. The van der Waals surface area contributed by atoms with Gasteiger partial charge in [0.15, 0.2) is 0 Å². The molecular weight excluding hydrogens is 589 g/mol. The predicted octanol–water partition coefficient (Wildman–Crippen LogP) is 13.9. The van der Waals surface area contributed by atoms with Gasteiger partial charge in [-0.3, -0.25) is 0 Å². The van der Waals surface area contributed by atoms with Gasteiger partial charge in [-0.05, 0) is 129 Å². The highest BCUT2D eigenvalue weighted by molar-refractivity contribution is 6.24. The van der Waals surface area contributed by atoms with E-state index < -0.39 is 0 Å². The zero-order chi connectivity index (χ0) is 32.5. The lowest BCUT2D eigenvalue weighted by Gasteiger charge is -2.20. The van der Waals surface area contributed by atoms with E-state index in [9.17, 15) is 0 Å². The standard InChI is InChI=1S/C49H32/c1-31-39-16-6-8-18-41(39)48(42-19-9-7-17-40(31)42)38-26-27-45-46(30-38)49(37-25-23-33-13-3-5-15-35(33)29-37)44-21-11-10-20-43(44)47(45)36-24-22-32-12-2-4-14-34(32)28-36/h2-30H,1H3. The first-order chi connectivity index (χ1) is 24.2. The Kier molecular flexibility index (Phi) is 6.19. The van der Waals surface area contributed by atoms with Crippen LogP contribution >= 0.6 is 0 Å². The van der Waals surface area contributed by atoms with Crippen molar-refractivity contribution in [3.8, 4) is 33.4 Å². The van der Waals surface area contributed by atoms with Crippen molar-refractivity contribution in [1.29, 1.82) is 0 Å². The molecule has 0 fully saturated rings. The first-order valence-electron chi connectivity index (χ1n) is 17.1. The van der Waals surface area contributed by atoms with Crippen LogP contribution in [0, 0.1) is 6.92 Å². The quantitative estimate of drug-likeness (QED) is 0.172. The van der Waals surface area contributed by atoms with Gasteiger partial charge in [-0.25, -0.2) is 0 Å². The van der Waals surface area contributed by atoms with Crippen LogP contribution in [0.1, 0.15) is 5.56 Å². The minimum atomic E-state index is 1.24. The number of hydrogen-bond donors (Lipinski definition) is 0. The molecule has 0 aliphatic rings. The molecule has 0 heteroatoms. The molecule has 0 unspecified atom stereocenters. The molecule has 0 bridgehead atoms. The number of fused-ring (bicyclic) bond motifs is 6. The smallest absolute Gasteiger partial charge is 0.00259 e. The van der Waals surface area contributed by atoms with Gasteiger partial charge in [0.2, 0.25) is 0 Å². The van der Waals surface area contributed by atoms with Crippen molar-refractivity contribution in [2.75, 3.05) is 0 Å². The van der Waals surface area contributed by atoms with Gasteiger partial charge in [-0.2, -0.15) is 0 Å². The summed E-state index contributed by atoms with van der Waals surface area (Å²) in [6.45, 7) is 2.26. The summed E-state index contributed by atoms with van der Waals surface area (Å²) in [5, 5.41) is 15.3. The largest absolute Gasteiger partial charge is 0.0616 e. The zero-order valence-electron chi connectivity index (χ0n) is 27.2. The van der Waals surface area contributed by atoms with Crippen molar-refractivity contribution in [2.45, 2.75) is 6.92 Å². The lowest BCUT2D eigenvalue weighted by molar-refractivity contribution is 1.58. The number of rotatable bonds is 3. The number of hydrogen-bond acceptors (Lipinski definition) is 0. The Hall–Kier alpha value is -6.24. The molecule has 0 aliphatic carbocycles. The molecule has 10 aromatic rings. The molecule has 0 atom stereocenters. The van der Waals surface area contributed by atoms with Crippen LogP contribution in [0.15, 0.2) is 176 Å². The van der Waals surface area contributed by atoms with Crippen LogP contribution in [0.5, 0.6) is 0 Å². The van der Waals surface area contributed by atoms with E-state index in [1.54, 1.807) is 0 Å². The second-order valence-corrected chi connectivity index (χ2v) is 13.3. The van der Waals surface area contributed by atoms with E-state index in [2.05, 4.69) is 183 Å². The van der Waals surface area contributed by atoms with Gasteiger partial charge in [-0.1, -0.05) is 158 Å². The maximum absolute atomic E-state index is 2.47. The fourth-order valence-corrected chi connectivity index (χ4v) is 8.30. The Morgan fingerprint density at radius 1 is 0.245 bits per heavy atom. The highest BCUT2D eigenvalue weighted by Gasteiger charge is 2.20. The Morgan fingerprint density at radius 3 is 1.06 bits per heavy atom. The molecule has 0 radical (unpaired) electrons. The molecule has 10 aromatic carbocycles. The van der Waals surface area contributed by atoms with Crippen molar-refractivity contribution in [2.24, 2.45) is 0 Å². The van der Waals surface area contributed by atoms with Gasteiger partial charge >= 0.3 is 0 Å². The Labute approximate surface area is 285 Å². The lowest BCUT2D eigenvalue weighted by atomic mass is 9.83. The number of benzene rings is 10. The van der Waals surface area contributed by atoms with Crippen molar-refractivity contribution in [3.63, 3.8) is 0 Å². The van der Waals surface area contributed by atoms with E-state index in [-0.39, 0.29) is 0 Å². The van der Waals surface area contributed by atoms with Crippen LogP contribution in [0.25, 0.3) is 98.0 Å². The van der Waals surface area contributed by atoms with Crippen LogP contribution in [-0.2, 0) is 0 Å². The maximum atomic E-state index is 2.47. The van der Waals surface area contributed by atoms with Crippen LogP contribution < -0.4 is 0 Å². The molecular formula is C49H32. The van der Waals surface area contributed by atoms with E-state index in [0.717, 1.165) is 0 Å². The molecule has 0 saturated heterocycles. The second kappa shape index (κ2) is 10.9. The minimum Gasteiger partial charge on any atom is -0.0616 e. The van der Waals surface area contributed by atoms with Gasteiger partial charge in [0, 0.05) is 0 Å². The summed E-state index contributed by atoms with van der Waals surface area (Å²) in [5.41, 5.74) is 8.90. The average molecular weight is 621 g/mol. The molecule has 49 heavy (non-hydrogen) atoms. The highest BCUT2D eigenvalue weighted by atomic mass is 14.2. The molecule has 0 saturated carbocycles. The Morgan fingerprint density at radius 2 is 0.571 bits per heavy atom. The fourth-order valence-electron chi connectivity index (χ4n) is 8.30. The van der Waals surface area contributed by atoms with E-state index in [1.807, 2.05) is 0 Å². The first kappa shape index (κ1) is 27.8. The average Bonchev–Trinajstić information content (AvgIpc) is 3.16. The van der Waals surface area contributed by atoms with Crippen molar-refractivity contribution >= 4 is 64.6 Å². The van der Waals surface area contributed by atoms with E-state index in [4.69, 9.17) is 0 Å². The van der Waals surface area contributed by atoms with Crippen LogP contribution in [0.3, 0.4) is 0 Å².